The molecule has 142 valence electrons. The van der Waals surface area contributed by atoms with Gasteiger partial charge in [-0.25, -0.2) is 4.79 Å². The quantitative estimate of drug-likeness (QED) is 0.536. The number of aromatic nitrogens is 1. The Morgan fingerprint density at radius 1 is 1.04 bits per heavy atom. The fraction of sp³-hybridized carbons (Fsp3) is 0.348. The van der Waals surface area contributed by atoms with E-state index >= 15 is 0 Å². The van der Waals surface area contributed by atoms with Crippen LogP contribution in [0.3, 0.4) is 0 Å². The van der Waals surface area contributed by atoms with Crippen molar-refractivity contribution in [2.45, 2.75) is 47.0 Å². The topological polar surface area (TPSA) is 79.1 Å². The number of carbonyl (C=O) groups is 1. The zero-order valence-corrected chi connectivity index (χ0v) is 16.6. The van der Waals surface area contributed by atoms with Crippen molar-refractivity contribution in [1.29, 1.82) is 0 Å². The molecule has 3 rings (SSSR count). The predicted octanol–water partition coefficient (Wildman–Crippen LogP) is 5.05. The van der Waals surface area contributed by atoms with Gasteiger partial charge in [0.15, 0.2) is 0 Å². The normalized spacial score (nSPS) is 11.3. The first-order valence-corrected chi connectivity index (χ1v) is 9.50. The van der Waals surface area contributed by atoms with E-state index < -0.39 is 5.97 Å². The number of rotatable bonds is 6. The second-order valence-corrected chi connectivity index (χ2v) is 7.48. The largest absolute Gasteiger partial charge is 0.478 e. The molecule has 0 fully saturated rings. The van der Waals surface area contributed by atoms with Crippen molar-refractivity contribution in [3.05, 3.63) is 57.6 Å². The molecule has 0 spiro atoms. The summed E-state index contributed by atoms with van der Waals surface area (Å²) in [6.07, 6.45) is 2.67. The Bertz CT molecular complexity index is 992. The van der Waals surface area contributed by atoms with Crippen LogP contribution < -0.4 is 5.73 Å². The summed E-state index contributed by atoms with van der Waals surface area (Å²) in [5.41, 5.74) is 15.0. The minimum Gasteiger partial charge on any atom is -0.478 e. The van der Waals surface area contributed by atoms with Crippen LogP contribution in [0.1, 0.15) is 51.0 Å². The lowest BCUT2D eigenvalue weighted by Gasteiger charge is -2.13. The first-order valence-electron chi connectivity index (χ1n) is 9.50. The Labute approximate surface area is 160 Å². The van der Waals surface area contributed by atoms with Gasteiger partial charge in [0.1, 0.15) is 0 Å². The van der Waals surface area contributed by atoms with Gasteiger partial charge in [-0.1, -0.05) is 23.8 Å². The molecule has 1 aromatic heterocycles. The van der Waals surface area contributed by atoms with Gasteiger partial charge in [-0.3, -0.25) is 0 Å². The molecule has 3 aromatic rings. The van der Waals surface area contributed by atoms with Gasteiger partial charge in [-0.15, -0.1) is 0 Å². The van der Waals surface area contributed by atoms with Crippen LogP contribution in [0.4, 0.5) is 0 Å². The number of hydrogen-bond acceptors (Lipinski definition) is 2. The molecule has 1 heterocycles. The lowest BCUT2D eigenvalue weighted by Crippen LogP contribution is -2.02. The first-order chi connectivity index (χ1) is 12.8. The van der Waals surface area contributed by atoms with E-state index in [0.29, 0.717) is 12.1 Å². The van der Waals surface area contributed by atoms with Crippen LogP contribution >= 0.6 is 0 Å². The molecule has 0 amide bonds. The molecule has 27 heavy (non-hydrogen) atoms. The molecule has 0 bridgehead atoms. The van der Waals surface area contributed by atoms with Crippen LogP contribution in [-0.2, 0) is 6.42 Å². The number of nitrogens with one attached hydrogen (secondary N) is 1. The molecule has 2 aromatic carbocycles. The van der Waals surface area contributed by atoms with Gasteiger partial charge < -0.3 is 15.8 Å². The molecule has 4 heteroatoms. The van der Waals surface area contributed by atoms with Crippen molar-refractivity contribution in [1.82, 2.24) is 4.98 Å². The fourth-order valence-corrected chi connectivity index (χ4v) is 4.17. The number of aromatic carboxylic acids is 1. The van der Waals surface area contributed by atoms with Crippen LogP contribution in [0.15, 0.2) is 24.3 Å². The summed E-state index contributed by atoms with van der Waals surface area (Å²) in [4.78, 5) is 15.5. The lowest BCUT2D eigenvalue weighted by atomic mass is 9.92. The summed E-state index contributed by atoms with van der Waals surface area (Å²) in [6, 6.07) is 7.97. The highest BCUT2D eigenvalue weighted by molar-refractivity contribution is 6.07. The van der Waals surface area contributed by atoms with Crippen molar-refractivity contribution in [2.75, 3.05) is 6.54 Å². The second kappa shape index (κ2) is 7.57. The third-order valence-electron chi connectivity index (χ3n) is 5.31. The van der Waals surface area contributed by atoms with Crippen molar-refractivity contribution >= 4 is 16.9 Å². The van der Waals surface area contributed by atoms with Gasteiger partial charge in [-0.2, -0.15) is 0 Å². The zero-order chi connectivity index (χ0) is 19.7. The maximum atomic E-state index is 11.9. The molecule has 0 aliphatic heterocycles. The molecule has 0 radical (unpaired) electrons. The molecule has 0 aliphatic rings. The van der Waals surface area contributed by atoms with Crippen molar-refractivity contribution in [3.63, 3.8) is 0 Å². The average Bonchev–Trinajstić information content (AvgIpc) is 2.94. The van der Waals surface area contributed by atoms with E-state index in [-0.39, 0.29) is 0 Å². The maximum Gasteiger partial charge on any atom is 0.336 e. The van der Waals surface area contributed by atoms with Crippen molar-refractivity contribution in [2.24, 2.45) is 5.73 Å². The summed E-state index contributed by atoms with van der Waals surface area (Å²) in [5, 5.41) is 10.6. The van der Waals surface area contributed by atoms with Gasteiger partial charge in [0.2, 0.25) is 0 Å². The number of H-pyrrole nitrogens is 1. The van der Waals surface area contributed by atoms with Crippen molar-refractivity contribution in [3.8, 4) is 11.3 Å². The van der Waals surface area contributed by atoms with Gasteiger partial charge in [-0.05, 0) is 81.8 Å². The van der Waals surface area contributed by atoms with Crippen LogP contribution in [0.25, 0.3) is 22.2 Å². The smallest absolute Gasteiger partial charge is 0.336 e. The highest BCUT2D eigenvalue weighted by Gasteiger charge is 2.22. The number of benzene rings is 2. The van der Waals surface area contributed by atoms with Gasteiger partial charge >= 0.3 is 5.97 Å². The number of nitrogens with two attached hydrogens (primary N) is 1. The molecular formula is C23H28N2O2. The number of fused-ring (bicyclic) bond motifs is 1. The van der Waals surface area contributed by atoms with Gasteiger partial charge in [0, 0.05) is 16.5 Å². The van der Waals surface area contributed by atoms with E-state index in [1.54, 1.807) is 6.07 Å². The first kappa shape index (κ1) is 19.2. The molecule has 4 N–H and O–H groups in total. The minimum atomic E-state index is -0.886. The van der Waals surface area contributed by atoms with Gasteiger partial charge in [0.25, 0.3) is 0 Å². The Hall–Kier alpha value is -2.59. The van der Waals surface area contributed by atoms with E-state index in [1.165, 1.54) is 22.3 Å². The fourth-order valence-electron chi connectivity index (χ4n) is 4.17. The van der Waals surface area contributed by atoms with Crippen LogP contribution in [0.5, 0.6) is 0 Å². The Morgan fingerprint density at radius 3 is 2.30 bits per heavy atom. The number of aryl methyl sites for hydroxylation is 5. The summed E-state index contributed by atoms with van der Waals surface area (Å²) in [6.45, 7) is 9.01. The van der Waals surface area contributed by atoms with Crippen LogP contribution in [-0.4, -0.2) is 22.6 Å². The number of carboxylic acids is 1. The number of carboxylic acid groups (broad SMARTS) is 1. The van der Waals surface area contributed by atoms with Crippen LogP contribution in [0, 0.1) is 27.7 Å². The molecule has 0 saturated carbocycles. The summed E-state index contributed by atoms with van der Waals surface area (Å²) in [7, 11) is 0. The monoisotopic (exact) mass is 364 g/mol. The highest BCUT2D eigenvalue weighted by atomic mass is 16.4. The van der Waals surface area contributed by atoms with Gasteiger partial charge in [0.05, 0.1) is 11.3 Å². The number of unbranched alkanes of at least 4 members (excludes halogenated alkanes) is 1. The standard InChI is InChI=1S/C23H28N2O2/c1-13-11-15(3)19(16(4)12-13)22-17(7-5-6-10-24)20-18(23(26)27)9-8-14(2)21(20)25-22/h8-9,11-12,25H,5-7,10,24H2,1-4H3,(H,26,27). The predicted molar refractivity (Wildman–Crippen MR) is 112 cm³/mol. The number of aromatic amines is 1. The zero-order valence-electron chi connectivity index (χ0n) is 16.6. The Balaban J connectivity index is 2.35. The molecule has 0 saturated heterocycles. The SMILES string of the molecule is Cc1cc(C)c(-c2[nH]c3c(C)ccc(C(=O)O)c3c2CCCCN)c(C)c1. The van der Waals surface area contributed by atoms with E-state index in [4.69, 9.17) is 5.73 Å². The van der Waals surface area contributed by atoms with E-state index in [2.05, 4.69) is 37.9 Å². The molecule has 0 atom stereocenters. The minimum absolute atomic E-state index is 0.364. The number of hydrogen-bond donors (Lipinski definition) is 3. The third kappa shape index (κ3) is 3.50. The third-order valence-corrected chi connectivity index (χ3v) is 5.31. The van der Waals surface area contributed by atoms with Crippen molar-refractivity contribution < 1.29 is 9.90 Å². The van der Waals surface area contributed by atoms with Crippen LogP contribution in [0.2, 0.25) is 0 Å². The summed E-state index contributed by atoms with van der Waals surface area (Å²) in [5.74, 6) is -0.886. The van der Waals surface area contributed by atoms with E-state index in [9.17, 15) is 9.90 Å². The molecular weight excluding hydrogens is 336 g/mol. The maximum absolute atomic E-state index is 11.9. The molecule has 4 nitrogen and oxygen atoms in total. The molecule has 0 unspecified atom stereocenters. The molecule has 0 aliphatic carbocycles. The van der Waals surface area contributed by atoms with E-state index in [1.807, 2.05) is 13.0 Å². The van der Waals surface area contributed by atoms with E-state index in [0.717, 1.165) is 47.0 Å². The summed E-state index contributed by atoms with van der Waals surface area (Å²) >= 11 is 0. The average molecular weight is 364 g/mol. The highest BCUT2D eigenvalue weighted by Crippen LogP contribution is 2.38. The second-order valence-electron chi connectivity index (χ2n) is 7.48. The Morgan fingerprint density at radius 2 is 1.70 bits per heavy atom. The lowest BCUT2D eigenvalue weighted by molar-refractivity contribution is 0.0699. The summed E-state index contributed by atoms with van der Waals surface area (Å²) < 4.78 is 0. The Kier molecular flexibility index (Phi) is 5.38.